The average molecular weight is 345 g/mol. The number of benzene rings is 1. The molecule has 0 saturated carbocycles. The third kappa shape index (κ3) is 4.73. The summed E-state index contributed by atoms with van der Waals surface area (Å²) in [5, 5.41) is 3.46. The second kappa shape index (κ2) is 8.68. The van der Waals surface area contributed by atoms with Crippen molar-refractivity contribution in [2.75, 3.05) is 50.8 Å². The Balaban J connectivity index is 1.65. The van der Waals surface area contributed by atoms with Crippen molar-refractivity contribution >= 4 is 11.6 Å². The molecule has 1 N–H and O–H groups in total. The predicted octanol–water partition coefficient (Wildman–Crippen LogP) is 2.37. The van der Waals surface area contributed by atoms with Crippen LogP contribution in [-0.2, 0) is 11.2 Å². The van der Waals surface area contributed by atoms with Gasteiger partial charge in [-0.15, -0.1) is 0 Å². The summed E-state index contributed by atoms with van der Waals surface area (Å²) < 4.78 is 5.96. The summed E-state index contributed by atoms with van der Waals surface area (Å²) in [6, 6.07) is 8.63. The third-order valence-corrected chi connectivity index (χ3v) is 4.77. The Kier molecular flexibility index (Phi) is 6.32. The molecule has 1 aromatic rings. The van der Waals surface area contributed by atoms with Gasteiger partial charge in [0.05, 0.1) is 19.3 Å². The van der Waals surface area contributed by atoms with Gasteiger partial charge >= 0.3 is 0 Å². The van der Waals surface area contributed by atoms with Crippen LogP contribution >= 0.6 is 0 Å². The molecule has 0 bridgehead atoms. The fraction of sp³-hybridized carbons (Fsp3) is 0.650. The normalized spacial score (nSPS) is 21.7. The zero-order chi connectivity index (χ0) is 17.6. The molecule has 5 heteroatoms. The number of ether oxygens (including phenoxy) is 1. The smallest absolute Gasteiger partial charge is 0.198 e. The van der Waals surface area contributed by atoms with Gasteiger partial charge in [0.15, 0.2) is 5.96 Å². The number of guanidine groups is 1. The van der Waals surface area contributed by atoms with E-state index in [-0.39, 0.29) is 6.10 Å². The van der Waals surface area contributed by atoms with E-state index < -0.39 is 0 Å². The van der Waals surface area contributed by atoms with Gasteiger partial charge in [0.25, 0.3) is 0 Å². The van der Waals surface area contributed by atoms with Gasteiger partial charge in [0.2, 0.25) is 0 Å². The Morgan fingerprint density at radius 3 is 2.96 bits per heavy atom. The van der Waals surface area contributed by atoms with E-state index >= 15 is 0 Å². The number of nitrogens with zero attached hydrogens (tertiary/aromatic N) is 3. The number of morpholine rings is 1. The molecule has 0 aliphatic carbocycles. The van der Waals surface area contributed by atoms with Crippen molar-refractivity contribution in [1.29, 1.82) is 0 Å². The molecule has 5 nitrogen and oxygen atoms in total. The molecular weight excluding hydrogens is 312 g/mol. The Labute approximate surface area is 152 Å². The largest absolute Gasteiger partial charge is 0.374 e. The Morgan fingerprint density at radius 2 is 2.16 bits per heavy atom. The number of fused-ring (bicyclic) bond motifs is 1. The number of aliphatic imine (C=N–C) groups is 1. The summed E-state index contributed by atoms with van der Waals surface area (Å²) >= 11 is 0. The number of para-hydroxylation sites is 1. The fourth-order valence-corrected chi connectivity index (χ4v) is 3.71. The minimum atomic E-state index is 0.194. The predicted molar refractivity (Wildman–Crippen MR) is 104 cm³/mol. The molecule has 2 aliphatic rings. The van der Waals surface area contributed by atoms with Gasteiger partial charge in [-0.3, -0.25) is 9.89 Å². The molecule has 0 aromatic heterocycles. The Bertz CT molecular complexity index is 587. The van der Waals surface area contributed by atoms with Crippen molar-refractivity contribution in [3.8, 4) is 0 Å². The molecule has 0 spiro atoms. The SMILES string of the molecule is CCNC(=NCC1CN(CC(C)C)CCO1)N1CCc2ccccc21. The van der Waals surface area contributed by atoms with E-state index in [0.29, 0.717) is 5.92 Å². The second-order valence-electron chi connectivity index (χ2n) is 7.37. The lowest BCUT2D eigenvalue weighted by Crippen LogP contribution is -2.46. The molecule has 3 rings (SSSR count). The van der Waals surface area contributed by atoms with Crippen LogP contribution in [0.15, 0.2) is 29.3 Å². The first kappa shape index (κ1) is 18.2. The van der Waals surface area contributed by atoms with Gasteiger partial charge < -0.3 is 15.0 Å². The summed E-state index contributed by atoms with van der Waals surface area (Å²) in [4.78, 5) is 9.73. The zero-order valence-corrected chi connectivity index (χ0v) is 15.9. The van der Waals surface area contributed by atoms with E-state index in [1.807, 2.05) is 0 Å². The van der Waals surface area contributed by atoms with Crippen molar-refractivity contribution in [1.82, 2.24) is 10.2 Å². The molecule has 1 aromatic carbocycles. The molecule has 0 radical (unpaired) electrons. The fourth-order valence-electron chi connectivity index (χ4n) is 3.71. The first-order chi connectivity index (χ1) is 12.2. The molecule has 0 amide bonds. The molecular formula is C20H32N4O. The van der Waals surface area contributed by atoms with Crippen LogP contribution in [0.3, 0.4) is 0 Å². The number of rotatable bonds is 5. The summed E-state index contributed by atoms with van der Waals surface area (Å²) in [6.45, 7) is 13.2. The lowest BCUT2D eigenvalue weighted by Gasteiger charge is -2.33. The van der Waals surface area contributed by atoms with Crippen LogP contribution in [0.2, 0.25) is 0 Å². The van der Waals surface area contributed by atoms with Gasteiger partial charge in [0, 0.05) is 38.4 Å². The van der Waals surface area contributed by atoms with E-state index in [9.17, 15) is 0 Å². The third-order valence-electron chi connectivity index (χ3n) is 4.77. The maximum Gasteiger partial charge on any atom is 0.198 e. The Hall–Kier alpha value is -1.59. The molecule has 1 saturated heterocycles. The number of anilines is 1. The number of hydrogen-bond acceptors (Lipinski definition) is 3. The summed E-state index contributed by atoms with van der Waals surface area (Å²) in [7, 11) is 0. The van der Waals surface area contributed by atoms with Crippen LogP contribution < -0.4 is 10.2 Å². The Morgan fingerprint density at radius 1 is 1.32 bits per heavy atom. The minimum Gasteiger partial charge on any atom is -0.374 e. The second-order valence-corrected chi connectivity index (χ2v) is 7.37. The number of hydrogen-bond donors (Lipinski definition) is 1. The van der Waals surface area contributed by atoms with Gasteiger partial charge in [0.1, 0.15) is 0 Å². The first-order valence-corrected chi connectivity index (χ1v) is 9.65. The maximum absolute atomic E-state index is 5.96. The molecule has 1 atom stereocenters. The van der Waals surface area contributed by atoms with Crippen molar-refractivity contribution in [3.63, 3.8) is 0 Å². The van der Waals surface area contributed by atoms with Gasteiger partial charge in [-0.25, -0.2) is 0 Å². The van der Waals surface area contributed by atoms with E-state index in [1.165, 1.54) is 11.3 Å². The van der Waals surface area contributed by atoms with Crippen LogP contribution in [0.5, 0.6) is 0 Å². The highest BCUT2D eigenvalue weighted by atomic mass is 16.5. The zero-order valence-electron chi connectivity index (χ0n) is 15.9. The number of nitrogens with one attached hydrogen (secondary N) is 1. The highest BCUT2D eigenvalue weighted by molar-refractivity contribution is 5.97. The highest BCUT2D eigenvalue weighted by Crippen LogP contribution is 2.27. The van der Waals surface area contributed by atoms with E-state index in [0.717, 1.165) is 58.3 Å². The lowest BCUT2D eigenvalue weighted by molar-refractivity contribution is -0.0261. The molecule has 138 valence electrons. The molecule has 2 heterocycles. The summed E-state index contributed by atoms with van der Waals surface area (Å²) in [5.74, 6) is 1.68. The van der Waals surface area contributed by atoms with Crippen LogP contribution in [0, 0.1) is 5.92 Å². The topological polar surface area (TPSA) is 40.1 Å². The molecule has 25 heavy (non-hydrogen) atoms. The lowest BCUT2D eigenvalue weighted by atomic mass is 10.2. The van der Waals surface area contributed by atoms with Crippen molar-refractivity contribution < 1.29 is 4.74 Å². The van der Waals surface area contributed by atoms with Crippen LogP contribution in [-0.4, -0.2) is 62.8 Å². The monoisotopic (exact) mass is 344 g/mol. The molecule has 1 fully saturated rings. The maximum atomic E-state index is 5.96. The van der Waals surface area contributed by atoms with Crippen molar-refractivity contribution in [2.45, 2.75) is 33.3 Å². The first-order valence-electron chi connectivity index (χ1n) is 9.65. The van der Waals surface area contributed by atoms with E-state index in [4.69, 9.17) is 9.73 Å². The molecule has 2 aliphatic heterocycles. The standard InChI is InChI=1S/C20H32N4O/c1-4-21-20(24-10-9-17-7-5-6-8-19(17)24)22-13-18-15-23(11-12-25-18)14-16(2)3/h5-8,16,18H,4,9-15H2,1-3H3,(H,21,22). The summed E-state index contributed by atoms with van der Waals surface area (Å²) in [5.41, 5.74) is 2.69. The van der Waals surface area contributed by atoms with Gasteiger partial charge in [-0.05, 0) is 30.9 Å². The van der Waals surface area contributed by atoms with E-state index in [1.54, 1.807) is 0 Å². The van der Waals surface area contributed by atoms with Crippen LogP contribution in [0.25, 0.3) is 0 Å². The van der Waals surface area contributed by atoms with Crippen LogP contribution in [0.4, 0.5) is 5.69 Å². The minimum absolute atomic E-state index is 0.194. The quantitative estimate of drug-likeness (QED) is 0.658. The van der Waals surface area contributed by atoms with E-state index in [2.05, 4.69) is 60.2 Å². The van der Waals surface area contributed by atoms with Gasteiger partial charge in [-0.1, -0.05) is 32.0 Å². The summed E-state index contributed by atoms with van der Waals surface area (Å²) in [6.07, 6.45) is 1.28. The molecule has 1 unspecified atom stereocenters. The van der Waals surface area contributed by atoms with Gasteiger partial charge in [-0.2, -0.15) is 0 Å². The van der Waals surface area contributed by atoms with Crippen molar-refractivity contribution in [2.24, 2.45) is 10.9 Å². The van der Waals surface area contributed by atoms with Crippen LogP contribution in [0.1, 0.15) is 26.3 Å². The highest BCUT2D eigenvalue weighted by Gasteiger charge is 2.24. The van der Waals surface area contributed by atoms with Crippen molar-refractivity contribution in [3.05, 3.63) is 29.8 Å². The average Bonchev–Trinajstić information content (AvgIpc) is 3.02.